The fraction of sp³-hybridized carbons (Fsp3) is 0.636. The van der Waals surface area contributed by atoms with Crippen LogP contribution in [0.4, 0.5) is 0 Å². The third kappa shape index (κ3) is 8.51. The first-order chi connectivity index (χ1) is 15.0. The van der Waals surface area contributed by atoms with Crippen LogP contribution >= 0.6 is 24.0 Å². The Kier molecular flexibility index (Phi) is 11.2. The van der Waals surface area contributed by atoms with Crippen molar-refractivity contribution < 1.29 is 13.2 Å². The van der Waals surface area contributed by atoms with E-state index < -0.39 is 9.84 Å². The lowest BCUT2D eigenvalue weighted by atomic mass is 10.1. The first-order valence-corrected chi connectivity index (χ1v) is 13.1. The van der Waals surface area contributed by atoms with Crippen molar-refractivity contribution in [2.24, 2.45) is 4.99 Å². The van der Waals surface area contributed by atoms with E-state index in [2.05, 4.69) is 45.1 Å². The van der Waals surface area contributed by atoms with E-state index in [4.69, 9.17) is 4.99 Å². The van der Waals surface area contributed by atoms with Gasteiger partial charge < -0.3 is 16.0 Å². The lowest BCUT2D eigenvalue weighted by Crippen LogP contribution is -2.41. The van der Waals surface area contributed by atoms with Crippen molar-refractivity contribution in [3.05, 3.63) is 35.9 Å². The maximum absolute atomic E-state index is 12.2. The van der Waals surface area contributed by atoms with Crippen LogP contribution < -0.4 is 16.0 Å². The summed E-state index contributed by atoms with van der Waals surface area (Å²) >= 11 is 0. The van der Waals surface area contributed by atoms with E-state index in [1.54, 1.807) is 0 Å². The summed E-state index contributed by atoms with van der Waals surface area (Å²) in [4.78, 5) is 19.4. The molecule has 180 valence electrons. The molecule has 2 fully saturated rings. The number of guanidine groups is 1. The number of carbonyl (C=O) groups excluding carboxylic acids is 1. The zero-order valence-electron chi connectivity index (χ0n) is 18.8. The molecule has 3 rings (SSSR count). The van der Waals surface area contributed by atoms with E-state index in [0.717, 1.165) is 19.6 Å². The lowest BCUT2D eigenvalue weighted by molar-refractivity contribution is -0.121. The minimum Gasteiger partial charge on any atom is -0.357 e. The van der Waals surface area contributed by atoms with E-state index >= 15 is 0 Å². The van der Waals surface area contributed by atoms with Gasteiger partial charge in [-0.1, -0.05) is 30.3 Å². The Morgan fingerprint density at radius 1 is 1.19 bits per heavy atom. The number of aliphatic imine (C=N–C) groups is 1. The monoisotopic (exact) mass is 577 g/mol. The van der Waals surface area contributed by atoms with E-state index in [0.29, 0.717) is 25.5 Å². The second-order valence-electron chi connectivity index (χ2n) is 8.23. The molecule has 3 N–H and O–H groups in total. The van der Waals surface area contributed by atoms with Crippen molar-refractivity contribution in [3.8, 4) is 0 Å². The van der Waals surface area contributed by atoms with Gasteiger partial charge in [-0.05, 0) is 44.8 Å². The minimum absolute atomic E-state index is 0. The summed E-state index contributed by atoms with van der Waals surface area (Å²) in [6.07, 6.45) is 3.23. The molecular weight excluding hydrogens is 541 g/mol. The average molecular weight is 578 g/mol. The normalized spacial score (nSPS) is 21.5. The molecule has 0 bridgehead atoms. The van der Waals surface area contributed by atoms with E-state index in [9.17, 15) is 13.2 Å². The zero-order chi connectivity index (χ0) is 22.1. The molecule has 1 aromatic carbocycles. The molecule has 0 spiro atoms. The van der Waals surface area contributed by atoms with Crippen LogP contribution in [-0.4, -0.2) is 75.5 Å². The molecule has 2 saturated heterocycles. The molecule has 32 heavy (non-hydrogen) atoms. The molecule has 2 heterocycles. The molecule has 2 aliphatic rings. The van der Waals surface area contributed by atoms with Gasteiger partial charge in [-0.2, -0.15) is 0 Å². The van der Waals surface area contributed by atoms with Crippen LogP contribution in [0.1, 0.15) is 44.2 Å². The van der Waals surface area contributed by atoms with Crippen LogP contribution in [0.25, 0.3) is 0 Å². The van der Waals surface area contributed by atoms with Gasteiger partial charge >= 0.3 is 0 Å². The van der Waals surface area contributed by atoms with Crippen molar-refractivity contribution in [1.82, 2.24) is 20.9 Å². The zero-order valence-corrected chi connectivity index (χ0v) is 21.9. The van der Waals surface area contributed by atoms with E-state index in [1.807, 2.05) is 13.0 Å². The summed E-state index contributed by atoms with van der Waals surface area (Å²) in [6.45, 7) is 6.02. The summed E-state index contributed by atoms with van der Waals surface area (Å²) < 4.78 is 23.1. The number of rotatable bonds is 9. The molecule has 0 saturated carbocycles. The fourth-order valence-corrected chi connectivity index (χ4v) is 5.86. The van der Waals surface area contributed by atoms with Crippen LogP contribution in [0, 0.1) is 0 Å². The molecule has 1 amide bonds. The molecule has 0 aromatic heterocycles. The second kappa shape index (κ2) is 13.3. The van der Waals surface area contributed by atoms with Gasteiger partial charge in [0, 0.05) is 25.6 Å². The molecule has 2 atom stereocenters. The Morgan fingerprint density at radius 3 is 2.53 bits per heavy atom. The number of amides is 1. The highest BCUT2D eigenvalue weighted by molar-refractivity contribution is 14.0. The van der Waals surface area contributed by atoms with Gasteiger partial charge in [0.05, 0.1) is 24.1 Å². The highest BCUT2D eigenvalue weighted by Crippen LogP contribution is 2.25. The number of nitrogens with one attached hydrogen (secondary N) is 3. The topological polar surface area (TPSA) is 103 Å². The van der Waals surface area contributed by atoms with Crippen LogP contribution in [0.3, 0.4) is 0 Å². The van der Waals surface area contributed by atoms with Gasteiger partial charge in [-0.3, -0.25) is 14.7 Å². The van der Waals surface area contributed by atoms with Crippen molar-refractivity contribution in [2.45, 2.75) is 44.7 Å². The SMILES string of the molecule is CCNC(=NCC(c1ccccc1)N1CCCC1)NCCC(=O)NC1CCS(=O)(=O)C1.I. The number of hydrogen-bond acceptors (Lipinski definition) is 5. The number of hydrogen-bond donors (Lipinski definition) is 3. The van der Waals surface area contributed by atoms with Crippen molar-refractivity contribution >= 4 is 45.7 Å². The largest absolute Gasteiger partial charge is 0.357 e. The molecule has 0 radical (unpaired) electrons. The van der Waals surface area contributed by atoms with Gasteiger partial charge in [-0.15, -0.1) is 24.0 Å². The smallest absolute Gasteiger partial charge is 0.222 e. The summed E-state index contributed by atoms with van der Waals surface area (Å²) in [5.74, 6) is 0.768. The van der Waals surface area contributed by atoms with Crippen LogP contribution in [0.15, 0.2) is 35.3 Å². The molecular formula is C22H36IN5O3S. The fourth-order valence-electron chi connectivity index (χ4n) is 4.18. The molecule has 10 heteroatoms. The standard InChI is InChI=1S/C22H35N5O3S.HI/c1-2-23-22(24-12-10-21(28)26-19-11-15-31(29,30)17-19)25-16-20(27-13-6-7-14-27)18-8-4-3-5-9-18;/h3-5,8-9,19-20H,2,6-7,10-17H2,1H3,(H,26,28)(H2,23,24,25);1H. The number of halogens is 1. The minimum atomic E-state index is -2.99. The van der Waals surface area contributed by atoms with Gasteiger partial charge in [0.25, 0.3) is 0 Å². The molecule has 1 aromatic rings. The Labute approximate surface area is 208 Å². The summed E-state index contributed by atoms with van der Waals surface area (Å²) in [7, 11) is -2.99. The van der Waals surface area contributed by atoms with E-state index in [-0.39, 0.29) is 59.9 Å². The molecule has 2 aliphatic heterocycles. The number of nitrogens with zero attached hydrogens (tertiary/aromatic N) is 2. The van der Waals surface area contributed by atoms with Crippen molar-refractivity contribution in [2.75, 3.05) is 44.2 Å². The number of sulfone groups is 1. The maximum atomic E-state index is 12.2. The quantitative estimate of drug-likeness (QED) is 0.235. The molecule has 2 unspecified atom stereocenters. The summed E-state index contributed by atoms with van der Waals surface area (Å²) in [6, 6.07) is 10.5. The Bertz CT molecular complexity index is 844. The first kappa shape index (κ1) is 26.8. The maximum Gasteiger partial charge on any atom is 0.222 e. The Morgan fingerprint density at radius 2 is 1.91 bits per heavy atom. The van der Waals surface area contributed by atoms with Crippen LogP contribution in [-0.2, 0) is 14.6 Å². The third-order valence-electron chi connectivity index (χ3n) is 5.77. The molecule has 8 nitrogen and oxygen atoms in total. The van der Waals surface area contributed by atoms with Gasteiger partial charge in [-0.25, -0.2) is 8.42 Å². The third-order valence-corrected chi connectivity index (χ3v) is 7.54. The van der Waals surface area contributed by atoms with Crippen molar-refractivity contribution in [1.29, 1.82) is 0 Å². The highest BCUT2D eigenvalue weighted by atomic mass is 127. The Balaban J connectivity index is 0.00000363. The Hall–Kier alpha value is -1.40. The van der Waals surface area contributed by atoms with E-state index in [1.165, 1.54) is 18.4 Å². The van der Waals surface area contributed by atoms with Gasteiger partial charge in [0.15, 0.2) is 15.8 Å². The van der Waals surface area contributed by atoms with Gasteiger partial charge in [0.1, 0.15) is 0 Å². The van der Waals surface area contributed by atoms with Crippen molar-refractivity contribution in [3.63, 3.8) is 0 Å². The predicted octanol–water partition coefficient (Wildman–Crippen LogP) is 1.69. The second-order valence-corrected chi connectivity index (χ2v) is 10.5. The summed E-state index contributed by atoms with van der Waals surface area (Å²) in [5.41, 5.74) is 1.27. The average Bonchev–Trinajstić information content (AvgIpc) is 3.38. The number of benzene rings is 1. The highest BCUT2D eigenvalue weighted by Gasteiger charge is 2.28. The van der Waals surface area contributed by atoms with Gasteiger partial charge in [0.2, 0.25) is 5.91 Å². The molecule has 0 aliphatic carbocycles. The summed E-state index contributed by atoms with van der Waals surface area (Å²) in [5, 5.41) is 9.30. The first-order valence-electron chi connectivity index (χ1n) is 11.3. The number of likely N-dealkylation sites (tertiary alicyclic amines) is 1. The van der Waals surface area contributed by atoms with Crippen LogP contribution in [0.5, 0.6) is 0 Å². The number of carbonyl (C=O) groups is 1. The van der Waals surface area contributed by atoms with Crippen LogP contribution in [0.2, 0.25) is 0 Å². The lowest BCUT2D eigenvalue weighted by Gasteiger charge is -2.27. The predicted molar refractivity (Wildman–Crippen MR) is 139 cm³/mol.